The Bertz CT molecular complexity index is 1100. The number of thiazole rings is 1. The van der Waals surface area contributed by atoms with Gasteiger partial charge in [0.2, 0.25) is 0 Å². The third-order valence-electron chi connectivity index (χ3n) is 4.95. The van der Waals surface area contributed by atoms with Crippen LogP contribution in [-0.4, -0.2) is 61.0 Å². The lowest BCUT2D eigenvalue weighted by Crippen LogP contribution is -2.47. The molecule has 0 aliphatic carbocycles. The fraction of sp³-hybridized carbons (Fsp3) is 0.350. The van der Waals surface area contributed by atoms with Crippen molar-refractivity contribution in [2.45, 2.75) is 6.92 Å². The molecule has 0 radical (unpaired) electrons. The zero-order valence-corrected chi connectivity index (χ0v) is 16.8. The van der Waals surface area contributed by atoms with Crippen molar-refractivity contribution in [1.29, 1.82) is 0 Å². The van der Waals surface area contributed by atoms with Crippen LogP contribution in [-0.2, 0) is 0 Å². The number of aryl methyl sites for hydroxylation is 1. The average molecular weight is 399 g/mol. The van der Waals surface area contributed by atoms with E-state index in [1.54, 1.807) is 26.2 Å². The minimum atomic E-state index is -0.479. The number of hydrogen-bond acceptors (Lipinski definition) is 7. The number of rotatable bonds is 3. The van der Waals surface area contributed by atoms with Crippen molar-refractivity contribution in [3.63, 3.8) is 0 Å². The highest BCUT2D eigenvalue weighted by Crippen LogP contribution is 2.30. The molecule has 8 heteroatoms. The topological polar surface area (TPSA) is 75.9 Å². The summed E-state index contributed by atoms with van der Waals surface area (Å²) < 4.78 is 10.6. The maximum atomic E-state index is 12.9. The maximum Gasteiger partial charge on any atom is 0.346 e. The van der Waals surface area contributed by atoms with Crippen LogP contribution in [0.4, 0.5) is 0 Å². The van der Waals surface area contributed by atoms with Crippen LogP contribution >= 0.6 is 11.3 Å². The van der Waals surface area contributed by atoms with E-state index in [0.29, 0.717) is 45.6 Å². The number of amides is 1. The smallest absolute Gasteiger partial charge is 0.346 e. The molecular formula is C20H21N3O4S. The van der Waals surface area contributed by atoms with Crippen LogP contribution in [0.25, 0.3) is 21.5 Å². The highest BCUT2D eigenvalue weighted by molar-refractivity contribution is 7.17. The molecule has 28 heavy (non-hydrogen) atoms. The van der Waals surface area contributed by atoms with Crippen molar-refractivity contribution >= 4 is 28.2 Å². The van der Waals surface area contributed by atoms with Gasteiger partial charge < -0.3 is 19.0 Å². The summed E-state index contributed by atoms with van der Waals surface area (Å²) in [4.78, 5) is 34.5. The molecule has 0 unspecified atom stereocenters. The van der Waals surface area contributed by atoms with Crippen LogP contribution in [0.3, 0.4) is 0 Å². The first kappa shape index (κ1) is 18.6. The molecule has 0 saturated carbocycles. The van der Waals surface area contributed by atoms with Gasteiger partial charge in [-0.1, -0.05) is 0 Å². The van der Waals surface area contributed by atoms with E-state index in [9.17, 15) is 9.59 Å². The Hall–Kier alpha value is -2.71. The van der Waals surface area contributed by atoms with Gasteiger partial charge in [0.1, 0.15) is 21.2 Å². The third kappa shape index (κ3) is 3.41. The SMILES string of the molecule is COc1ccc2cc(-c3nc(C)c(C(=O)N4CCN(C)CC4)s3)c(=O)oc2c1. The van der Waals surface area contributed by atoms with E-state index in [4.69, 9.17) is 9.15 Å². The molecule has 1 aliphatic heterocycles. The number of hydrogen-bond donors (Lipinski definition) is 0. The Morgan fingerprint density at radius 2 is 1.96 bits per heavy atom. The Morgan fingerprint density at radius 1 is 1.21 bits per heavy atom. The fourth-order valence-electron chi connectivity index (χ4n) is 3.23. The van der Waals surface area contributed by atoms with E-state index in [-0.39, 0.29) is 5.91 Å². The summed E-state index contributed by atoms with van der Waals surface area (Å²) in [5, 5.41) is 1.27. The number of carbonyl (C=O) groups excluding carboxylic acids is 1. The standard InChI is InChI=1S/C20H21N3O4S/c1-12-17(19(24)23-8-6-22(2)7-9-23)28-18(21-12)15-10-13-4-5-14(26-3)11-16(13)27-20(15)25/h4-5,10-11H,6-9H2,1-3H3. The van der Waals surface area contributed by atoms with Gasteiger partial charge in [-0.05, 0) is 32.2 Å². The number of aromatic nitrogens is 1. The summed E-state index contributed by atoms with van der Waals surface area (Å²) >= 11 is 1.24. The summed E-state index contributed by atoms with van der Waals surface area (Å²) in [6.07, 6.45) is 0. The quantitative estimate of drug-likeness (QED) is 0.630. The minimum Gasteiger partial charge on any atom is -0.497 e. The first-order valence-corrected chi connectivity index (χ1v) is 9.85. The average Bonchev–Trinajstić information content (AvgIpc) is 3.08. The molecule has 1 saturated heterocycles. The summed E-state index contributed by atoms with van der Waals surface area (Å²) in [5.41, 5.74) is 0.976. The summed E-state index contributed by atoms with van der Waals surface area (Å²) in [6.45, 7) is 4.91. The van der Waals surface area contributed by atoms with Gasteiger partial charge in [-0.25, -0.2) is 9.78 Å². The normalized spacial score (nSPS) is 15.2. The number of benzene rings is 1. The van der Waals surface area contributed by atoms with Gasteiger partial charge in [-0.15, -0.1) is 11.3 Å². The Labute approximate surface area is 166 Å². The van der Waals surface area contributed by atoms with E-state index in [0.717, 1.165) is 18.5 Å². The number of carbonyl (C=O) groups is 1. The first-order chi connectivity index (χ1) is 13.5. The van der Waals surface area contributed by atoms with Crippen molar-refractivity contribution < 1.29 is 13.9 Å². The molecule has 7 nitrogen and oxygen atoms in total. The molecule has 3 heterocycles. The van der Waals surface area contributed by atoms with Crippen LogP contribution in [0.5, 0.6) is 5.75 Å². The second kappa shape index (κ2) is 7.37. The molecule has 1 aromatic carbocycles. The maximum absolute atomic E-state index is 12.9. The molecule has 2 aromatic heterocycles. The molecule has 3 aromatic rings. The van der Waals surface area contributed by atoms with E-state index in [2.05, 4.69) is 9.88 Å². The van der Waals surface area contributed by atoms with Crippen molar-refractivity contribution in [1.82, 2.24) is 14.8 Å². The van der Waals surface area contributed by atoms with Crippen molar-refractivity contribution in [2.24, 2.45) is 0 Å². The van der Waals surface area contributed by atoms with E-state index in [1.165, 1.54) is 11.3 Å². The first-order valence-electron chi connectivity index (χ1n) is 9.04. The van der Waals surface area contributed by atoms with Crippen molar-refractivity contribution in [2.75, 3.05) is 40.3 Å². The van der Waals surface area contributed by atoms with Gasteiger partial charge in [-0.3, -0.25) is 4.79 Å². The molecule has 1 fully saturated rings. The fourth-order valence-corrected chi connectivity index (χ4v) is 4.27. The number of nitrogens with zero attached hydrogens (tertiary/aromatic N) is 3. The van der Waals surface area contributed by atoms with Crippen LogP contribution in [0.15, 0.2) is 33.5 Å². The molecule has 0 N–H and O–H groups in total. The molecule has 4 rings (SSSR count). The van der Waals surface area contributed by atoms with Gasteiger partial charge in [-0.2, -0.15) is 0 Å². The Kier molecular flexibility index (Phi) is 4.91. The molecule has 146 valence electrons. The van der Waals surface area contributed by atoms with Gasteiger partial charge in [0, 0.05) is 37.6 Å². The molecule has 1 aliphatic rings. The van der Waals surface area contributed by atoms with Gasteiger partial charge in [0.05, 0.1) is 18.4 Å². The van der Waals surface area contributed by atoms with Gasteiger partial charge in [0.15, 0.2) is 0 Å². The third-order valence-corrected chi connectivity index (χ3v) is 6.13. The number of methoxy groups -OCH3 is 1. The summed E-state index contributed by atoms with van der Waals surface area (Å²) in [7, 11) is 3.61. The Balaban J connectivity index is 1.69. The molecule has 0 spiro atoms. The number of ether oxygens (including phenoxy) is 1. The zero-order valence-electron chi connectivity index (χ0n) is 16.0. The lowest BCUT2D eigenvalue weighted by atomic mass is 10.2. The molecule has 0 atom stereocenters. The highest BCUT2D eigenvalue weighted by Gasteiger charge is 2.25. The predicted molar refractivity (Wildman–Crippen MR) is 108 cm³/mol. The predicted octanol–water partition coefficient (Wildman–Crippen LogP) is 2.62. The highest BCUT2D eigenvalue weighted by atomic mass is 32.1. The lowest BCUT2D eigenvalue weighted by Gasteiger charge is -2.32. The van der Waals surface area contributed by atoms with Crippen LogP contribution < -0.4 is 10.4 Å². The Morgan fingerprint density at radius 3 is 2.68 bits per heavy atom. The minimum absolute atomic E-state index is 0.0238. The second-order valence-corrected chi connectivity index (χ2v) is 7.88. The number of piperazine rings is 1. The van der Waals surface area contributed by atoms with Crippen molar-refractivity contribution in [3.05, 3.63) is 45.3 Å². The summed E-state index contributed by atoms with van der Waals surface area (Å²) in [5.74, 6) is 0.595. The van der Waals surface area contributed by atoms with E-state index < -0.39 is 5.63 Å². The van der Waals surface area contributed by atoms with Crippen LogP contribution in [0.2, 0.25) is 0 Å². The molecule has 0 bridgehead atoms. The van der Waals surface area contributed by atoms with Crippen LogP contribution in [0.1, 0.15) is 15.4 Å². The molecular weight excluding hydrogens is 378 g/mol. The van der Waals surface area contributed by atoms with Gasteiger partial charge in [0.25, 0.3) is 5.91 Å². The van der Waals surface area contributed by atoms with Crippen LogP contribution in [0, 0.1) is 6.92 Å². The van der Waals surface area contributed by atoms with Gasteiger partial charge >= 0.3 is 5.63 Å². The number of likely N-dealkylation sites (N-methyl/N-ethyl adjacent to an activating group) is 1. The summed E-state index contributed by atoms with van der Waals surface area (Å²) in [6, 6.07) is 7.07. The monoisotopic (exact) mass is 399 g/mol. The second-order valence-electron chi connectivity index (χ2n) is 6.88. The van der Waals surface area contributed by atoms with Crippen molar-refractivity contribution in [3.8, 4) is 16.3 Å². The van der Waals surface area contributed by atoms with E-state index >= 15 is 0 Å². The van der Waals surface area contributed by atoms with E-state index in [1.807, 2.05) is 24.1 Å². The lowest BCUT2D eigenvalue weighted by molar-refractivity contribution is 0.0668. The largest absolute Gasteiger partial charge is 0.497 e. The molecule has 1 amide bonds. The zero-order chi connectivity index (χ0) is 19.8. The number of fused-ring (bicyclic) bond motifs is 1.